The van der Waals surface area contributed by atoms with Gasteiger partial charge in [-0.3, -0.25) is 4.79 Å². The first kappa shape index (κ1) is 30.3. The molecule has 0 aliphatic rings. The van der Waals surface area contributed by atoms with Gasteiger partial charge in [-0.25, -0.2) is 4.98 Å². The largest absolute Gasteiger partial charge is 0.494 e. The number of fused-ring (bicyclic) bond motifs is 1. The molecule has 0 fully saturated rings. The summed E-state index contributed by atoms with van der Waals surface area (Å²) in [7, 11) is 0. The topological polar surface area (TPSA) is 74.9 Å². The summed E-state index contributed by atoms with van der Waals surface area (Å²) < 4.78 is 19.2. The SMILES string of the molecule is C=CCOc1c(CC=C)cc(C=Nn2c(-c3cc(C(C)C)c(OCC)cc3C)nc3ccccc3c2=O)cc1OCC. The van der Waals surface area contributed by atoms with Crippen LogP contribution in [0.15, 0.2) is 83.7 Å². The maximum Gasteiger partial charge on any atom is 0.282 e. The van der Waals surface area contributed by atoms with Crippen LogP contribution in [0.4, 0.5) is 0 Å². The van der Waals surface area contributed by atoms with Gasteiger partial charge in [0, 0.05) is 11.1 Å². The van der Waals surface area contributed by atoms with Crippen LogP contribution in [0.25, 0.3) is 22.3 Å². The van der Waals surface area contributed by atoms with Crippen LogP contribution >= 0.6 is 0 Å². The normalized spacial score (nSPS) is 11.3. The lowest BCUT2D eigenvalue weighted by atomic mass is 9.96. The molecular weight excluding hydrogens is 526 g/mol. The van der Waals surface area contributed by atoms with E-state index in [4.69, 9.17) is 24.3 Å². The predicted molar refractivity (Wildman–Crippen MR) is 172 cm³/mol. The summed E-state index contributed by atoms with van der Waals surface area (Å²) in [4.78, 5) is 18.8. The molecule has 1 heterocycles. The average molecular weight is 566 g/mol. The maximum absolute atomic E-state index is 13.9. The van der Waals surface area contributed by atoms with Gasteiger partial charge in [-0.05, 0) is 86.2 Å². The molecule has 0 saturated heterocycles. The molecule has 42 heavy (non-hydrogen) atoms. The molecule has 0 spiro atoms. The highest BCUT2D eigenvalue weighted by molar-refractivity contribution is 5.83. The fraction of sp³-hybridized carbons (Fsp3) is 0.286. The zero-order valence-electron chi connectivity index (χ0n) is 25.1. The van der Waals surface area contributed by atoms with E-state index in [1.165, 1.54) is 4.68 Å². The number of aromatic nitrogens is 2. The van der Waals surface area contributed by atoms with Crippen molar-refractivity contribution in [2.75, 3.05) is 19.8 Å². The minimum atomic E-state index is -0.256. The third kappa shape index (κ3) is 6.46. The van der Waals surface area contributed by atoms with Crippen molar-refractivity contribution < 1.29 is 14.2 Å². The molecule has 0 bridgehead atoms. The van der Waals surface area contributed by atoms with Crippen LogP contribution in [0.5, 0.6) is 17.2 Å². The summed E-state index contributed by atoms with van der Waals surface area (Å²) in [5, 5.41) is 5.21. The van der Waals surface area contributed by atoms with Crippen molar-refractivity contribution >= 4 is 17.1 Å². The molecule has 218 valence electrons. The van der Waals surface area contributed by atoms with E-state index in [9.17, 15) is 4.79 Å². The summed E-state index contributed by atoms with van der Waals surface area (Å²) >= 11 is 0. The Morgan fingerprint density at radius 3 is 2.40 bits per heavy atom. The van der Waals surface area contributed by atoms with Crippen molar-refractivity contribution in [3.8, 4) is 28.6 Å². The molecule has 0 saturated carbocycles. The number of nitrogens with zero attached hydrogens (tertiary/aromatic N) is 3. The number of ether oxygens (including phenoxy) is 3. The third-order valence-corrected chi connectivity index (χ3v) is 6.76. The van der Waals surface area contributed by atoms with Gasteiger partial charge in [-0.1, -0.05) is 44.7 Å². The number of rotatable bonds is 13. The number of allylic oxidation sites excluding steroid dienone is 1. The second-order valence-corrected chi connectivity index (χ2v) is 10.1. The molecule has 0 amide bonds. The van der Waals surface area contributed by atoms with Crippen molar-refractivity contribution in [3.05, 3.63) is 106 Å². The van der Waals surface area contributed by atoms with Gasteiger partial charge in [0.25, 0.3) is 5.56 Å². The lowest BCUT2D eigenvalue weighted by molar-refractivity contribution is 0.295. The second kappa shape index (κ2) is 13.8. The Morgan fingerprint density at radius 1 is 0.976 bits per heavy atom. The summed E-state index contributed by atoms with van der Waals surface area (Å²) in [6.45, 7) is 19.2. The molecule has 0 unspecified atom stereocenters. The quantitative estimate of drug-likeness (QED) is 0.124. The van der Waals surface area contributed by atoms with Gasteiger partial charge in [-0.2, -0.15) is 9.78 Å². The number of hydrogen-bond acceptors (Lipinski definition) is 6. The van der Waals surface area contributed by atoms with Gasteiger partial charge in [0.2, 0.25) is 0 Å². The van der Waals surface area contributed by atoms with Crippen molar-refractivity contribution in [1.82, 2.24) is 9.66 Å². The Kier molecular flexibility index (Phi) is 9.97. The molecule has 7 nitrogen and oxygen atoms in total. The molecular formula is C35H39N3O4. The van der Waals surface area contributed by atoms with Gasteiger partial charge in [-0.15, -0.1) is 6.58 Å². The first-order valence-electron chi connectivity index (χ1n) is 14.3. The van der Waals surface area contributed by atoms with Gasteiger partial charge in [0.05, 0.1) is 30.3 Å². The molecule has 0 atom stereocenters. The Labute approximate surface area is 247 Å². The van der Waals surface area contributed by atoms with E-state index in [0.29, 0.717) is 54.5 Å². The first-order valence-corrected chi connectivity index (χ1v) is 14.3. The van der Waals surface area contributed by atoms with Crippen LogP contribution in [0.2, 0.25) is 0 Å². The lowest BCUT2D eigenvalue weighted by Crippen LogP contribution is -2.21. The molecule has 0 radical (unpaired) electrons. The highest BCUT2D eigenvalue weighted by Crippen LogP contribution is 2.35. The summed E-state index contributed by atoms with van der Waals surface area (Å²) in [6, 6.07) is 15.2. The Balaban J connectivity index is 1.94. The highest BCUT2D eigenvalue weighted by Gasteiger charge is 2.19. The van der Waals surface area contributed by atoms with E-state index in [1.54, 1.807) is 18.4 Å². The Hall–Kier alpha value is -4.65. The first-order chi connectivity index (χ1) is 20.3. The second-order valence-electron chi connectivity index (χ2n) is 10.1. The van der Waals surface area contributed by atoms with Crippen molar-refractivity contribution in [2.24, 2.45) is 5.10 Å². The summed E-state index contributed by atoms with van der Waals surface area (Å²) in [6.07, 6.45) is 5.72. The molecule has 1 aromatic heterocycles. The molecule has 3 aromatic carbocycles. The van der Waals surface area contributed by atoms with Crippen LogP contribution < -0.4 is 19.8 Å². The van der Waals surface area contributed by atoms with E-state index in [2.05, 4.69) is 33.1 Å². The van der Waals surface area contributed by atoms with Crippen LogP contribution in [-0.4, -0.2) is 35.7 Å². The molecule has 7 heteroatoms. The number of para-hydroxylation sites is 1. The monoisotopic (exact) mass is 565 g/mol. The summed E-state index contributed by atoms with van der Waals surface area (Å²) in [5.74, 6) is 2.74. The number of aryl methyl sites for hydroxylation is 1. The molecule has 0 aliphatic heterocycles. The van der Waals surface area contributed by atoms with Gasteiger partial charge in [0.1, 0.15) is 12.4 Å². The van der Waals surface area contributed by atoms with Crippen molar-refractivity contribution in [1.29, 1.82) is 0 Å². The van der Waals surface area contributed by atoms with E-state index in [-0.39, 0.29) is 11.5 Å². The minimum absolute atomic E-state index is 0.206. The van der Waals surface area contributed by atoms with Gasteiger partial charge >= 0.3 is 0 Å². The highest BCUT2D eigenvalue weighted by atomic mass is 16.5. The Bertz CT molecular complexity index is 1680. The summed E-state index contributed by atoms with van der Waals surface area (Å²) in [5.41, 5.74) is 4.79. The number of hydrogen-bond donors (Lipinski definition) is 0. The molecule has 4 aromatic rings. The average Bonchev–Trinajstić information content (AvgIpc) is 2.97. The zero-order chi connectivity index (χ0) is 30.2. The van der Waals surface area contributed by atoms with Crippen LogP contribution in [0, 0.1) is 6.92 Å². The van der Waals surface area contributed by atoms with Crippen LogP contribution in [0.1, 0.15) is 55.9 Å². The minimum Gasteiger partial charge on any atom is -0.494 e. The van der Waals surface area contributed by atoms with E-state index >= 15 is 0 Å². The smallest absolute Gasteiger partial charge is 0.282 e. The van der Waals surface area contributed by atoms with Crippen molar-refractivity contribution in [3.63, 3.8) is 0 Å². The maximum atomic E-state index is 13.9. The molecule has 0 N–H and O–H groups in total. The fourth-order valence-corrected chi connectivity index (χ4v) is 4.83. The van der Waals surface area contributed by atoms with Crippen LogP contribution in [-0.2, 0) is 6.42 Å². The fourth-order valence-electron chi connectivity index (χ4n) is 4.83. The van der Waals surface area contributed by atoms with Gasteiger partial charge in [0.15, 0.2) is 17.3 Å². The van der Waals surface area contributed by atoms with Gasteiger partial charge < -0.3 is 14.2 Å². The lowest BCUT2D eigenvalue weighted by Gasteiger charge is -2.18. The van der Waals surface area contributed by atoms with Crippen molar-refractivity contribution in [2.45, 2.75) is 47.0 Å². The standard InChI is InChI=1S/C35H39N3O4/c1-8-14-26-19-25(20-32(41-11-4)33(26)42-17-9-2)22-36-38-34(37-30-16-13-12-15-27(30)35(38)39)29-21-28(23(5)6)31(40-10-3)18-24(29)7/h8-9,12-13,15-16,18-23H,1-2,10-11,14,17H2,3-7H3. The van der Waals surface area contributed by atoms with E-state index < -0.39 is 0 Å². The molecule has 0 aliphatic carbocycles. The van der Waals surface area contributed by atoms with Crippen LogP contribution in [0.3, 0.4) is 0 Å². The molecule has 4 rings (SSSR count). The predicted octanol–water partition coefficient (Wildman–Crippen LogP) is 7.47. The van der Waals surface area contributed by atoms with E-state index in [1.807, 2.05) is 63.2 Å². The number of benzene rings is 3. The van der Waals surface area contributed by atoms with E-state index in [0.717, 1.165) is 33.6 Å². The Morgan fingerprint density at radius 2 is 1.71 bits per heavy atom. The third-order valence-electron chi connectivity index (χ3n) is 6.76. The zero-order valence-corrected chi connectivity index (χ0v) is 25.1.